The number of carbonyl (C=O) groups excluding carboxylic acids is 1. The molecule has 3 nitrogen and oxygen atoms in total. The van der Waals surface area contributed by atoms with E-state index in [1.807, 2.05) is 0 Å². The van der Waals surface area contributed by atoms with Gasteiger partial charge in [-0.25, -0.2) is 0 Å². The van der Waals surface area contributed by atoms with Gasteiger partial charge in [0.25, 0.3) is 0 Å². The molecule has 0 aromatic heterocycles. The molecule has 1 saturated heterocycles. The molecule has 0 radical (unpaired) electrons. The number of rotatable bonds is 3. The summed E-state index contributed by atoms with van der Waals surface area (Å²) in [6.45, 7) is 4.46. The third kappa shape index (κ3) is 4.18. The molecule has 1 fully saturated rings. The van der Waals surface area contributed by atoms with Crippen LogP contribution in [-0.2, 0) is 0 Å². The summed E-state index contributed by atoms with van der Waals surface area (Å²) in [5.74, 6) is 0.100. The molecule has 0 spiro atoms. The van der Waals surface area contributed by atoms with Crippen LogP contribution in [-0.4, -0.2) is 55.4 Å². The quantitative estimate of drug-likeness (QED) is 0.802. The average Bonchev–Trinajstić information content (AvgIpc) is 2.58. The summed E-state index contributed by atoms with van der Waals surface area (Å²) < 4.78 is 0. The van der Waals surface area contributed by atoms with Crippen molar-refractivity contribution in [3.63, 3.8) is 0 Å². The third-order valence-electron chi connectivity index (χ3n) is 3.42. The van der Waals surface area contributed by atoms with Crippen LogP contribution in [0, 0.1) is 0 Å². The Balaban J connectivity index is 1.98. The Labute approximate surface area is 124 Å². The molecule has 5 heteroatoms. The minimum atomic E-state index is 0.100. The highest BCUT2D eigenvalue weighted by Crippen LogP contribution is 2.22. The number of likely N-dealkylation sites (N-methyl/N-ethyl adjacent to an activating group) is 1. The zero-order chi connectivity index (χ0) is 13.8. The van der Waals surface area contributed by atoms with Crippen LogP contribution in [0.4, 0.5) is 0 Å². The van der Waals surface area contributed by atoms with Crippen LogP contribution < -0.4 is 0 Å². The van der Waals surface area contributed by atoms with Gasteiger partial charge in [0.1, 0.15) is 0 Å². The lowest BCUT2D eigenvalue weighted by Crippen LogP contribution is -2.33. The minimum Gasteiger partial charge on any atom is -0.305 e. The Morgan fingerprint density at radius 2 is 1.95 bits per heavy atom. The maximum Gasteiger partial charge on any atom is 0.176 e. The van der Waals surface area contributed by atoms with Gasteiger partial charge in [0.05, 0.1) is 16.6 Å². The first-order valence-corrected chi connectivity index (χ1v) is 7.21. The van der Waals surface area contributed by atoms with Gasteiger partial charge >= 0.3 is 0 Å². The van der Waals surface area contributed by atoms with Crippen LogP contribution in [0.3, 0.4) is 0 Å². The highest BCUT2D eigenvalue weighted by molar-refractivity contribution is 6.42. The van der Waals surface area contributed by atoms with Crippen molar-refractivity contribution in [2.45, 2.75) is 6.42 Å². The lowest BCUT2D eigenvalue weighted by molar-refractivity contribution is 0.0933. The SMILES string of the molecule is CN1CCCN(CC(=O)c2ccc(Cl)c(Cl)c2)CC1. The summed E-state index contributed by atoms with van der Waals surface area (Å²) in [6, 6.07) is 5.06. The van der Waals surface area contributed by atoms with Crippen molar-refractivity contribution in [2.24, 2.45) is 0 Å². The highest BCUT2D eigenvalue weighted by Gasteiger charge is 2.16. The molecule has 0 bridgehead atoms. The molecular weight excluding hydrogens is 283 g/mol. The van der Waals surface area contributed by atoms with Crippen LogP contribution in [0.2, 0.25) is 10.0 Å². The van der Waals surface area contributed by atoms with Crippen molar-refractivity contribution in [3.05, 3.63) is 33.8 Å². The van der Waals surface area contributed by atoms with Gasteiger partial charge in [-0.05, 0) is 44.8 Å². The predicted octanol–water partition coefficient (Wildman–Crippen LogP) is 2.81. The summed E-state index contributed by atoms with van der Waals surface area (Å²) in [5.41, 5.74) is 0.631. The average molecular weight is 301 g/mol. The van der Waals surface area contributed by atoms with E-state index in [1.54, 1.807) is 18.2 Å². The van der Waals surface area contributed by atoms with Crippen molar-refractivity contribution in [1.29, 1.82) is 0 Å². The van der Waals surface area contributed by atoms with Gasteiger partial charge in [-0.3, -0.25) is 9.69 Å². The molecule has 1 aromatic rings. The van der Waals surface area contributed by atoms with E-state index in [0.717, 1.165) is 32.6 Å². The molecule has 0 N–H and O–H groups in total. The van der Waals surface area contributed by atoms with Gasteiger partial charge in [0, 0.05) is 18.7 Å². The molecule has 104 valence electrons. The molecule has 1 aromatic carbocycles. The summed E-state index contributed by atoms with van der Waals surface area (Å²) in [5, 5.41) is 0.915. The Morgan fingerprint density at radius 1 is 1.16 bits per heavy atom. The van der Waals surface area contributed by atoms with Crippen molar-refractivity contribution >= 4 is 29.0 Å². The Bertz CT molecular complexity index is 465. The molecule has 1 heterocycles. The first-order valence-electron chi connectivity index (χ1n) is 6.45. The van der Waals surface area contributed by atoms with Crippen LogP contribution in [0.15, 0.2) is 18.2 Å². The smallest absolute Gasteiger partial charge is 0.176 e. The molecule has 0 saturated carbocycles. The van der Waals surface area contributed by atoms with E-state index in [1.165, 1.54) is 0 Å². The molecule has 0 atom stereocenters. The van der Waals surface area contributed by atoms with Crippen molar-refractivity contribution < 1.29 is 4.79 Å². The molecule has 19 heavy (non-hydrogen) atoms. The van der Waals surface area contributed by atoms with Crippen LogP contribution in [0.25, 0.3) is 0 Å². The Morgan fingerprint density at radius 3 is 2.68 bits per heavy atom. The zero-order valence-electron chi connectivity index (χ0n) is 11.0. The standard InChI is InChI=1S/C14H18Cl2N2O/c1-17-5-2-6-18(8-7-17)10-14(19)11-3-4-12(15)13(16)9-11/h3-4,9H,2,5-8,10H2,1H3. The summed E-state index contributed by atoms with van der Waals surface area (Å²) >= 11 is 11.8. The summed E-state index contributed by atoms with van der Waals surface area (Å²) in [4.78, 5) is 16.7. The minimum absolute atomic E-state index is 0.100. The largest absolute Gasteiger partial charge is 0.305 e. The molecule has 0 amide bonds. The number of nitrogens with zero attached hydrogens (tertiary/aromatic N) is 2. The molecule has 0 unspecified atom stereocenters. The van der Waals surface area contributed by atoms with Gasteiger partial charge in [-0.1, -0.05) is 23.2 Å². The molecule has 2 rings (SSSR count). The van der Waals surface area contributed by atoms with Gasteiger partial charge in [-0.2, -0.15) is 0 Å². The van der Waals surface area contributed by atoms with E-state index < -0.39 is 0 Å². The maximum atomic E-state index is 12.2. The number of benzene rings is 1. The van der Waals surface area contributed by atoms with Gasteiger partial charge in [0.15, 0.2) is 5.78 Å². The molecule has 1 aliphatic rings. The van der Waals surface area contributed by atoms with Crippen LogP contribution >= 0.6 is 23.2 Å². The lowest BCUT2D eigenvalue weighted by Gasteiger charge is -2.19. The van der Waals surface area contributed by atoms with Crippen LogP contribution in [0.5, 0.6) is 0 Å². The number of hydrogen-bond acceptors (Lipinski definition) is 3. The first kappa shape index (κ1) is 14.8. The Hall–Kier alpha value is -0.610. The highest BCUT2D eigenvalue weighted by atomic mass is 35.5. The van der Waals surface area contributed by atoms with E-state index in [-0.39, 0.29) is 5.78 Å². The normalized spacial score (nSPS) is 18.3. The number of ketones is 1. The molecule has 0 aliphatic carbocycles. The summed E-state index contributed by atoms with van der Waals surface area (Å²) in [7, 11) is 2.12. The number of hydrogen-bond donors (Lipinski definition) is 0. The third-order valence-corrected chi connectivity index (χ3v) is 4.16. The van der Waals surface area contributed by atoms with Gasteiger partial charge in [-0.15, -0.1) is 0 Å². The lowest BCUT2D eigenvalue weighted by atomic mass is 10.1. The van der Waals surface area contributed by atoms with E-state index in [4.69, 9.17) is 23.2 Å². The number of Topliss-reactive ketones (excluding diaryl/α,β-unsaturated/α-hetero) is 1. The topological polar surface area (TPSA) is 23.6 Å². The fraction of sp³-hybridized carbons (Fsp3) is 0.500. The Kier molecular flexibility index (Phi) is 5.22. The van der Waals surface area contributed by atoms with Crippen molar-refractivity contribution in [1.82, 2.24) is 9.80 Å². The van der Waals surface area contributed by atoms with Crippen molar-refractivity contribution in [2.75, 3.05) is 39.8 Å². The second-order valence-electron chi connectivity index (χ2n) is 4.99. The summed E-state index contributed by atoms with van der Waals surface area (Å²) in [6.07, 6.45) is 1.10. The predicted molar refractivity (Wildman–Crippen MR) is 79.3 cm³/mol. The van der Waals surface area contributed by atoms with E-state index >= 15 is 0 Å². The molecule has 1 aliphatic heterocycles. The second kappa shape index (κ2) is 6.71. The van der Waals surface area contributed by atoms with E-state index in [0.29, 0.717) is 22.2 Å². The molecular formula is C14H18Cl2N2O. The van der Waals surface area contributed by atoms with Gasteiger partial charge < -0.3 is 4.90 Å². The first-order chi connectivity index (χ1) is 9.06. The van der Waals surface area contributed by atoms with E-state index in [2.05, 4.69) is 16.8 Å². The zero-order valence-corrected chi connectivity index (χ0v) is 12.5. The second-order valence-corrected chi connectivity index (χ2v) is 5.80. The van der Waals surface area contributed by atoms with Crippen LogP contribution in [0.1, 0.15) is 16.8 Å². The monoisotopic (exact) mass is 300 g/mol. The van der Waals surface area contributed by atoms with E-state index in [9.17, 15) is 4.79 Å². The maximum absolute atomic E-state index is 12.2. The fourth-order valence-corrected chi connectivity index (χ4v) is 2.52. The number of carbonyl (C=O) groups is 1. The van der Waals surface area contributed by atoms with Gasteiger partial charge in [0.2, 0.25) is 0 Å². The fourth-order valence-electron chi connectivity index (χ4n) is 2.22. The number of halogens is 2. The van der Waals surface area contributed by atoms with Crippen molar-refractivity contribution in [3.8, 4) is 0 Å².